The molecule has 0 bridgehead atoms. The van der Waals surface area contributed by atoms with Crippen molar-refractivity contribution < 1.29 is 22.4 Å². The predicted octanol–water partition coefficient (Wildman–Crippen LogP) is 1.90. The van der Waals surface area contributed by atoms with Crippen molar-refractivity contribution in [3.05, 3.63) is 60.4 Å². The Labute approximate surface area is 174 Å². The number of anilines is 1. The largest absolute Gasteiger partial charge is 0.291 e. The van der Waals surface area contributed by atoms with Gasteiger partial charge in [-0.3, -0.25) is 14.5 Å². The highest BCUT2D eigenvalue weighted by Crippen LogP contribution is 2.28. The Bertz CT molecular complexity index is 1040. The van der Waals surface area contributed by atoms with Crippen molar-refractivity contribution in [3.63, 3.8) is 0 Å². The molecule has 4 rings (SSSR count). The van der Waals surface area contributed by atoms with Gasteiger partial charge >= 0.3 is 0 Å². The van der Waals surface area contributed by atoms with Gasteiger partial charge in [-0.05, 0) is 49.2 Å². The molecule has 0 unspecified atom stereocenters. The van der Waals surface area contributed by atoms with Crippen molar-refractivity contribution in [2.24, 2.45) is 0 Å². The number of benzene rings is 2. The van der Waals surface area contributed by atoms with Gasteiger partial charge in [-0.1, -0.05) is 18.2 Å². The smallest absolute Gasteiger partial charge is 0.251 e. The Morgan fingerprint density at radius 1 is 0.933 bits per heavy atom. The third-order valence-electron chi connectivity index (χ3n) is 5.55. The molecule has 2 heterocycles. The fourth-order valence-electron chi connectivity index (χ4n) is 3.98. The van der Waals surface area contributed by atoms with E-state index in [0.29, 0.717) is 31.6 Å². The zero-order valence-electron chi connectivity index (χ0n) is 16.2. The molecule has 2 aromatic rings. The predicted molar refractivity (Wildman–Crippen MR) is 109 cm³/mol. The van der Waals surface area contributed by atoms with E-state index in [2.05, 4.69) is 4.72 Å². The summed E-state index contributed by atoms with van der Waals surface area (Å²) < 4.78 is 40.9. The molecular weight excluding hydrogens is 409 g/mol. The van der Waals surface area contributed by atoms with Crippen LogP contribution in [0.1, 0.15) is 19.3 Å². The summed E-state index contributed by atoms with van der Waals surface area (Å²) in [5, 5.41) is 0. The molecule has 2 aromatic carbocycles. The second kappa shape index (κ2) is 8.25. The summed E-state index contributed by atoms with van der Waals surface area (Å²) in [6, 6.07) is 12.7. The SMILES string of the molecule is O=C1C[C@H](N2CCC(NS(=O)(=O)c3ccccc3)CC2)C(=O)N1c1ccc(F)cc1. The Hall–Kier alpha value is -2.62. The van der Waals surface area contributed by atoms with Gasteiger partial charge in [0.1, 0.15) is 5.82 Å². The Morgan fingerprint density at radius 2 is 1.57 bits per heavy atom. The summed E-state index contributed by atoms with van der Waals surface area (Å²) >= 11 is 0. The number of rotatable bonds is 5. The molecule has 1 N–H and O–H groups in total. The first-order chi connectivity index (χ1) is 14.3. The van der Waals surface area contributed by atoms with Gasteiger partial charge < -0.3 is 0 Å². The zero-order valence-corrected chi connectivity index (χ0v) is 17.0. The summed E-state index contributed by atoms with van der Waals surface area (Å²) in [5.41, 5.74) is 0.361. The third kappa shape index (κ3) is 4.14. The van der Waals surface area contributed by atoms with E-state index in [1.165, 1.54) is 24.3 Å². The number of nitrogens with zero attached hydrogens (tertiary/aromatic N) is 2. The lowest BCUT2D eigenvalue weighted by molar-refractivity contribution is -0.123. The normalized spacial score (nSPS) is 21.4. The molecule has 0 aromatic heterocycles. The highest BCUT2D eigenvalue weighted by Gasteiger charge is 2.43. The number of imide groups is 1. The number of likely N-dealkylation sites (tertiary alicyclic amines) is 1. The van der Waals surface area contributed by atoms with Gasteiger partial charge in [0.15, 0.2) is 0 Å². The standard InChI is InChI=1S/C21H22FN3O4S/c22-15-6-8-17(9-7-15)25-20(26)14-19(21(25)27)24-12-10-16(11-13-24)23-30(28,29)18-4-2-1-3-5-18/h1-9,16,19,23H,10-14H2/t19-/m0/s1. The van der Waals surface area contributed by atoms with E-state index in [0.717, 1.165) is 4.90 Å². The monoisotopic (exact) mass is 431 g/mol. The van der Waals surface area contributed by atoms with E-state index in [1.54, 1.807) is 30.3 Å². The van der Waals surface area contributed by atoms with Crippen molar-refractivity contribution in [2.45, 2.75) is 36.2 Å². The number of halogens is 1. The van der Waals surface area contributed by atoms with Crippen LogP contribution in [0, 0.1) is 5.82 Å². The number of carbonyl (C=O) groups excluding carboxylic acids is 2. The Kier molecular flexibility index (Phi) is 5.68. The second-order valence-corrected chi connectivity index (χ2v) is 9.22. The average Bonchev–Trinajstić information content (AvgIpc) is 3.04. The molecule has 0 spiro atoms. The molecule has 1 atom stereocenters. The number of hydrogen-bond donors (Lipinski definition) is 1. The van der Waals surface area contributed by atoms with Crippen LogP contribution < -0.4 is 9.62 Å². The van der Waals surface area contributed by atoms with Crippen LogP contribution >= 0.6 is 0 Å². The highest BCUT2D eigenvalue weighted by atomic mass is 32.2. The molecular formula is C21H22FN3O4S. The Balaban J connectivity index is 1.38. The third-order valence-corrected chi connectivity index (χ3v) is 7.09. The molecule has 2 fully saturated rings. The van der Waals surface area contributed by atoms with Crippen molar-refractivity contribution in [1.82, 2.24) is 9.62 Å². The van der Waals surface area contributed by atoms with Gasteiger partial charge in [0, 0.05) is 19.1 Å². The fraction of sp³-hybridized carbons (Fsp3) is 0.333. The van der Waals surface area contributed by atoms with Crippen LogP contribution in [-0.2, 0) is 19.6 Å². The molecule has 9 heteroatoms. The van der Waals surface area contributed by atoms with Crippen molar-refractivity contribution in [3.8, 4) is 0 Å². The minimum Gasteiger partial charge on any atom is -0.291 e. The van der Waals surface area contributed by atoms with E-state index in [4.69, 9.17) is 0 Å². The van der Waals surface area contributed by atoms with E-state index >= 15 is 0 Å². The van der Waals surface area contributed by atoms with Crippen molar-refractivity contribution in [1.29, 1.82) is 0 Å². The number of amides is 2. The molecule has 2 aliphatic rings. The summed E-state index contributed by atoms with van der Waals surface area (Å²) in [5.74, 6) is -1.08. The lowest BCUT2D eigenvalue weighted by Gasteiger charge is -2.34. The van der Waals surface area contributed by atoms with Crippen LogP contribution in [0.4, 0.5) is 10.1 Å². The number of piperidine rings is 1. The molecule has 0 radical (unpaired) electrons. The van der Waals surface area contributed by atoms with Crippen molar-refractivity contribution in [2.75, 3.05) is 18.0 Å². The lowest BCUT2D eigenvalue weighted by atomic mass is 10.0. The summed E-state index contributed by atoms with van der Waals surface area (Å²) in [7, 11) is -3.59. The summed E-state index contributed by atoms with van der Waals surface area (Å²) in [4.78, 5) is 28.5. The van der Waals surface area contributed by atoms with Gasteiger partial charge in [-0.15, -0.1) is 0 Å². The van der Waals surface area contributed by atoms with E-state index in [9.17, 15) is 22.4 Å². The van der Waals surface area contributed by atoms with E-state index in [-0.39, 0.29) is 29.2 Å². The highest BCUT2D eigenvalue weighted by molar-refractivity contribution is 7.89. The van der Waals surface area contributed by atoms with Gasteiger partial charge in [0.2, 0.25) is 15.9 Å². The van der Waals surface area contributed by atoms with Gasteiger partial charge in [0.05, 0.1) is 23.0 Å². The number of hydrogen-bond acceptors (Lipinski definition) is 5. The van der Waals surface area contributed by atoms with Gasteiger partial charge in [-0.2, -0.15) is 0 Å². The van der Waals surface area contributed by atoms with E-state index in [1.807, 2.05) is 4.90 Å². The minimum absolute atomic E-state index is 0.0661. The van der Waals surface area contributed by atoms with E-state index < -0.39 is 21.9 Å². The lowest BCUT2D eigenvalue weighted by Crippen LogP contribution is -2.50. The van der Waals surface area contributed by atoms with Crippen LogP contribution in [0.15, 0.2) is 59.5 Å². The summed E-state index contributed by atoms with van der Waals surface area (Å²) in [6.45, 7) is 1.01. The zero-order chi connectivity index (χ0) is 21.3. The van der Waals surface area contributed by atoms with Crippen LogP contribution in [0.3, 0.4) is 0 Å². The van der Waals surface area contributed by atoms with Crippen LogP contribution in [0.2, 0.25) is 0 Å². The molecule has 30 heavy (non-hydrogen) atoms. The maximum Gasteiger partial charge on any atom is 0.251 e. The van der Waals surface area contributed by atoms with Crippen LogP contribution in [0.25, 0.3) is 0 Å². The fourth-order valence-corrected chi connectivity index (χ4v) is 5.30. The summed E-state index contributed by atoms with van der Waals surface area (Å²) in [6.07, 6.45) is 1.15. The van der Waals surface area contributed by atoms with Crippen LogP contribution in [0.5, 0.6) is 0 Å². The Morgan fingerprint density at radius 3 is 2.20 bits per heavy atom. The first-order valence-electron chi connectivity index (χ1n) is 9.79. The molecule has 2 saturated heterocycles. The quantitative estimate of drug-likeness (QED) is 0.731. The molecule has 7 nitrogen and oxygen atoms in total. The molecule has 158 valence electrons. The maximum atomic E-state index is 13.2. The molecule has 0 aliphatic carbocycles. The average molecular weight is 431 g/mol. The molecule has 2 aliphatic heterocycles. The maximum absolute atomic E-state index is 13.2. The van der Waals surface area contributed by atoms with Crippen LogP contribution in [-0.4, -0.2) is 50.3 Å². The van der Waals surface area contributed by atoms with Gasteiger partial charge in [-0.25, -0.2) is 22.4 Å². The number of carbonyl (C=O) groups is 2. The first kappa shape index (κ1) is 20.6. The number of sulfonamides is 1. The minimum atomic E-state index is -3.59. The molecule has 2 amide bonds. The van der Waals surface area contributed by atoms with Gasteiger partial charge in [0.25, 0.3) is 5.91 Å². The second-order valence-electron chi connectivity index (χ2n) is 7.51. The first-order valence-corrected chi connectivity index (χ1v) is 11.3. The molecule has 0 saturated carbocycles. The van der Waals surface area contributed by atoms with Crippen molar-refractivity contribution >= 4 is 27.5 Å². The topological polar surface area (TPSA) is 86.8 Å². The number of nitrogens with one attached hydrogen (secondary N) is 1.